The number of rotatable bonds is 5. The van der Waals surface area contributed by atoms with E-state index < -0.39 is 10.0 Å². The molecule has 0 spiro atoms. The highest BCUT2D eigenvalue weighted by molar-refractivity contribution is 7.92. The molecule has 2 heterocycles. The smallest absolute Gasteiger partial charge is 0.233 e. The van der Waals surface area contributed by atoms with Gasteiger partial charge in [0.25, 0.3) is 0 Å². The zero-order valence-corrected chi connectivity index (χ0v) is 13.0. The van der Waals surface area contributed by atoms with Gasteiger partial charge in [0, 0.05) is 11.7 Å². The monoisotopic (exact) mass is 297 g/mol. The zero-order chi connectivity index (χ0) is 14.6. The Labute approximate surface area is 121 Å². The van der Waals surface area contributed by atoms with Crippen molar-refractivity contribution in [3.63, 3.8) is 0 Å². The number of nitrogens with one attached hydrogen (secondary N) is 2. The molecule has 0 amide bonds. The topological polar surface area (TPSA) is 71.1 Å². The van der Waals surface area contributed by atoms with Gasteiger partial charge < -0.3 is 5.32 Å². The molecule has 1 aromatic rings. The molecule has 1 aliphatic rings. The van der Waals surface area contributed by atoms with Crippen LogP contribution in [-0.4, -0.2) is 31.7 Å². The molecule has 1 unspecified atom stereocenters. The average molecular weight is 297 g/mol. The molecular formula is C14H23N3O2S. The summed E-state index contributed by atoms with van der Waals surface area (Å²) in [5, 5.41) is 3.37. The molecule has 1 atom stereocenters. The molecule has 2 N–H and O–H groups in total. The number of anilines is 1. The summed E-state index contributed by atoms with van der Waals surface area (Å²) in [5.41, 5.74) is 1.82. The van der Waals surface area contributed by atoms with Gasteiger partial charge in [-0.25, -0.2) is 13.4 Å². The van der Waals surface area contributed by atoms with Crippen molar-refractivity contribution < 1.29 is 8.42 Å². The van der Waals surface area contributed by atoms with Crippen LogP contribution in [-0.2, 0) is 10.0 Å². The third-order valence-electron chi connectivity index (χ3n) is 3.51. The van der Waals surface area contributed by atoms with Crippen LogP contribution in [0.2, 0.25) is 0 Å². The molecule has 0 aromatic carbocycles. The van der Waals surface area contributed by atoms with Crippen molar-refractivity contribution in [2.45, 2.75) is 45.6 Å². The maximum absolute atomic E-state index is 12.1. The van der Waals surface area contributed by atoms with E-state index in [1.54, 1.807) is 6.07 Å². The SMILES string of the molecule is Cc1cc(C)nc(NS(=O)(=O)CCC2CCCCN2)c1. The van der Waals surface area contributed by atoms with Gasteiger partial charge in [0.2, 0.25) is 10.0 Å². The molecule has 0 saturated carbocycles. The van der Waals surface area contributed by atoms with Gasteiger partial charge in [-0.3, -0.25) is 4.72 Å². The van der Waals surface area contributed by atoms with Crippen molar-refractivity contribution in [2.75, 3.05) is 17.0 Å². The lowest BCUT2D eigenvalue weighted by molar-refractivity contribution is 0.393. The van der Waals surface area contributed by atoms with Crippen LogP contribution in [0.4, 0.5) is 5.82 Å². The molecule has 1 aromatic heterocycles. The maximum atomic E-state index is 12.1. The lowest BCUT2D eigenvalue weighted by Gasteiger charge is -2.23. The summed E-state index contributed by atoms with van der Waals surface area (Å²) in [7, 11) is -3.32. The van der Waals surface area contributed by atoms with Gasteiger partial charge in [-0.2, -0.15) is 0 Å². The molecular weight excluding hydrogens is 274 g/mol. The second-order valence-corrected chi connectivity index (χ2v) is 7.37. The minimum absolute atomic E-state index is 0.138. The summed E-state index contributed by atoms with van der Waals surface area (Å²) in [4.78, 5) is 4.21. The Morgan fingerprint density at radius 2 is 2.15 bits per heavy atom. The first-order valence-corrected chi connectivity index (χ1v) is 8.79. The summed E-state index contributed by atoms with van der Waals surface area (Å²) in [6, 6.07) is 4.00. The summed E-state index contributed by atoms with van der Waals surface area (Å²) in [6.45, 7) is 4.78. The van der Waals surface area contributed by atoms with E-state index in [-0.39, 0.29) is 5.75 Å². The van der Waals surface area contributed by atoms with E-state index in [1.807, 2.05) is 19.9 Å². The maximum Gasteiger partial charge on any atom is 0.233 e. The van der Waals surface area contributed by atoms with E-state index in [0.717, 1.165) is 24.2 Å². The lowest BCUT2D eigenvalue weighted by atomic mass is 10.0. The minimum atomic E-state index is -3.32. The molecule has 20 heavy (non-hydrogen) atoms. The van der Waals surface area contributed by atoms with Crippen LogP contribution >= 0.6 is 0 Å². The molecule has 0 radical (unpaired) electrons. The van der Waals surface area contributed by atoms with Gasteiger partial charge in [-0.05, 0) is 57.4 Å². The molecule has 1 fully saturated rings. The Hall–Kier alpha value is -1.14. The van der Waals surface area contributed by atoms with Crippen molar-refractivity contribution in [3.05, 3.63) is 23.4 Å². The number of piperidine rings is 1. The quantitative estimate of drug-likeness (QED) is 0.871. The van der Waals surface area contributed by atoms with Crippen molar-refractivity contribution in [3.8, 4) is 0 Å². The van der Waals surface area contributed by atoms with Gasteiger partial charge >= 0.3 is 0 Å². The van der Waals surface area contributed by atoms with Crippen molar-refractivity contribution in [1.29, 1.82) is 0 Å². The number of aromatic nitrogens is 1. The predicted octanol–water partition coefficient (Wildman–Crippen LogP) is 1.97. The van der Waals surface area contributed by atoms with E-state index in [2.05, 4.69) is 15.0 Å². The van der Waals surface area contributed by atoms with Crippen LogP contribution in [0, 0.1) is 13.8 Å². The number of hydrogen-bond donors (Lipinski definition) is 2. The molecule has 112 valence electrons. The standard InChI is InChI=1S/C14H23N3O2S/c1-11-9-12(2)16-14(10-11)17-20(18,19)8-6-13-5-3-4-7-15-13/h9-10,13,15H,3-8H2,1-2H3,(H,16,17). The Balaban J connectivity index is 1.92. The molecule has 5 nitrogen and oxygen atoms in total. The first-order valence-electron chi connectivity index (χ1n) is 7.14. The Bertz CT molecular complexity index is 531. The zero-order valence-electron chi connectivity index (χ0n) is 12.1. The lowest BCUT2D eigenvalue weighted by Crippen LogP contribution is -2.36. The average Bonchev–Trinajstić information content (AvgIpc) is 2.36. The van der Waals surface area contributed by atoms with Crippen molar-refractivity contribution in [2.24, 2.45) is 0 Å². The third kappa shape index (κ3) is 4.76. The van der Waals surface area contributed by atoms with Crippen molar-refractivity contribution in [1.82, 2.24) is 10.3 Å². The van der Waals surface area contributed by atoms with Gasteiger partial charge in [0.15, 0.2) is 0 Å². The first kappa shape index (κ1) is 15.3. The fraction of sp³-hybridized carbons (Fsp3) is 0.643. The number of aryl methyl sites for hydroxylation is 2. The molecule has 1 saturated heterocycles. The van der Waals surface area contributed by atoms with Crippen LogP contribution < -0.4 is 10.0 Å². The second kappa shape index (κ2) is 6.54. The second-order valence-electron chi connectivity index (χ2n) is 5.53. The summed E-state index contributed by atoms with van der Waals surface area (Å²) >= 11 is 0. The Morgan fingerprint density at radius 1 is 1.35 bits per heavy atom. The minimum Gasteiger partial charge on any atom is -0.314 e. The third-order valence-corrected chi connectivity index (χ3v) is 4.80. The number of sulfonamides is 1. The Morgan fingerprint density at radius 3 is 2.80 bits per heavy atom. The molecule has 1 aliphatic heterocycles. The van der Waals surface area contributed by atoms with Crippen LogP contribution in [0.1, 0.15) is 36.9 Å². The largest absolute Gasteiger partial charge is 0.314 e. The number of pyridine rings is 1. The van der Waals surface area contributed by atoms with E-state index in [1.165, 1.54) is 12.8 Å². The van der Waals surface area contributed by atoms with Gasteiger partial charge in [0.1, 0.15) is 5.82 Å². The highest BCUT2D eigenvalue weighted by Gasteiger charge is 2.17. The number of hydrogen-bond acceptors (Lipinski definition) is 4. The van der Waals surface area contributed by atoms with Crippen LogP contribution in [0.3, 0.4) is 0 Å². The van der Waals surface area contributed by atoms with Gasteiger partial charge in [0.05, 0.1) is 5.75 Å². The van der Waals surface area contributed by atoms with Gasteiger partial charge in [-0.15, -0.1) is 0 Å². The fourth-order valence-electron chi connectivity index (χ4n) is 2.57. The van der Waals surface area contributed by atoms with Gasteiger partial charge in [-0.1, -0.05) is 6.42 Å². The first-order chi connectivity index (χ1) is 9.44. The molecule has 0 aliphatic carbocycles. The molecule has 2 rings (SSSR count). The summed E-state index contributed by atoms with van der Waals surface area (Å²) in [5.74, 6) is 0.554. The van der Waals surface area contributed by atoms with E-state index >= 15 is 0 Å². The normalized spacial score (nSPS) is 19.8. The highest BCUT2D eigenvalue weighted by atomic mass is 32.2. The molecule has 0 bridgehead atoms. The predicted molar refractivity (Wildman–Crippen MR) is 81.4 cm³/mol. The van der Waals surface area contributed by atoms with Crippen LogP contribution in [0.25, 0.3) is 0 Å². The van der Waals surface area contributed by atoms with Crippen LogP contribution in [0.15, 0.2) is 12.1 Å². The highest BCUT2D eigenvalue weighted by Crippen LogP contribution is 2.14. The molecule has 6 heteroatoms. The van der Waals surface area contributed by atoms with Crippen molar-refractivity contribution >= 4 is 15.8 Å². The number of nitrogens with zero attached hydrogens (tertiary/aromatic N) is 1. The summed E-state index contributed by atoms with van der Waals surface area (Å²) in [6.07, 6.45) is 4.09. The Kier molecular flexibility index (Phi) is 4.99. The van der Waals surface area contributed by atoms with E-state index in [4.69, 9.17) is 0 Å². The summed E-state index contributed by atoms with van der Waals surface area (Å²) < 4.78 is 26.7. The van der Waals surface area contributed by atoms with E-state index in [0.29, 0.717) is 18.3 Å². The van der Waals surface area contributed by atoms with Crippen LogP contribution in [0.5, 0.6) is 0 Å². The van der Waals surface area contributed by atoms with E-state index in [9.17, 15) is 8.42 Å². The fourth-order valence-corrected chi connectivity index (χ4v) is 3.69.